The van der Waals surface area contributed by atoms with Gasteiger partial charge in [0.15, 0.2) is 24.4 Å². The van der Waals surface area contributed by atoms with Gasteiger partial charge in [0.2, 0.25) is 0 Å². The highest BCUT2D eigenvalue weighted by molar-refractivity contribution is 6.02. The van der Waals surface area contributed by atoms with Crippen molar-refractivity contribution in [2.24, 2.45) is 0 Å². The van der Waals surface area contributed by atoms with E-state index in [0.717, 1.165) is 5.56 Å². The summed E-state index contributed by atoms with van der Waals surface area (Å²) in [6.07, 6.45) is 0.510. The normalized spacial score (nSPS) is 11.2. The first-order valence-electron chi connectivity index (χ1n) is 8.23. The van der Waals surface area contributed by atoms with Crippen molar-refractivity contribution in [2.45, 2.75) is 13.0 Å². The Hall–Kier alpha value is -3.35. The van der Waals surface area contributed by atoms with E-state index in [4.69, 9.17) is 14.2 Å². The van der Waals surface area contributed by atoms with Gasteiger partial charge in [-0.05, 0) is 24.6 Å². The third-order valence-corrected chi connectivity index (χ3v) is 3.92. The fourth-order valence-electron chi connectivity index (χ4n) is 2.56. The molecule has 0 saturated carbocycles. The second kappa shape index (κ2) is 9.38. The molecule has 1 atom stereocenters. The number of benzene rings is 2. The predicted octanol–water partition coefficient (Wildman–Crippen LogP) is 2.55. The van der Waals surface area contributed by atoms with Gasteiger partial charge in [-0.2, -0.15) is 0 Å². The van der Waals surface area contributed by atoms with Crippen molar-refractivity contribution >= 4 is 18.2 Å². The molecule has 7 nitrogen and oxygen atoms in total. The molecule has 0 fully saturated rings. The van der Waals surface area contributed by atoms with Crippen LogP contribution in [-0.4, -0.2) is 39.0 Å². The molecule has 0 radical (unpaired) electrons. The Kier molecular flexibility index (Phi) is 6.93. The Balaban J connectivity index is 2.07. The van der Waals surface area contributed by atoms with E-state index in [2.05, 4.69) is 5.32 Å². The van der Waals surface area contributed by atoms with E-state index < -0.39 is 18.5 Å². The molecule has 2 aromatic rings. The van der Waals surface area contributed by atoms with Crippen molar-refractivity contribution in [3.05, 3.63) is 59.2 Å². The fraction of sp³-hybridized carbons (Fsp3) is 0.250. The fourth-order valence-corrected chi connectivity index (χ4v) is 2.56. The van der Waals surface area contributed by atoms with Gasteiger partial charge >= 0.3 is 5.97 Å². The van der Waals surface area contributed by atoms with Crippen molar-refractivity contribution in [3.63, 3.8) is 0 Å². The standard InChI is InChI=1S/C20H21NO6/c1-13(14-7-5-4-6-8-14)21-17(23)12-27-20(24)18-15(11-22)9-10-16(25-2)19(18)26-3/h4-11,13H,12H2,1-3H3,(H,21,23)/t13-/m1/s1. The van der Waals surface area contributed by atoms with Crippen molar-refractivity contribution < 1.29 is 28.6 Å². The maximum atomic E-state index is 12.4. The van der Waals surface area contributed by atoms with Crippen LogP contribution in [0.2, 0.25) is 0 Å². The van der Waals surface area contributed by atoms with E-state index in [1.165, 1.54) is 26.4 Å². The van der Waals surface area contributed by atoms with Crippen LogP contribution in [0.4, 0.5) is 0 Å². The summed E-state index contributed by atoms with van der Waals surface area (Å²) in [4.78, 5) is 35.8. The lowest BCUT2D eigenvalue weighted by Gasteiger charge is -2.16. The van der Waals surface area contributed by atoms with Gasteiger partial charge < -0.3 is 19.5 Å². The lowest BCUT2D eigenvalue weighted by atomic mass is 10.1. The zero-order valence-corrected chi connectivity index (χ0v) is 15.4. The van der Waals surface area contributed by atoms with E-state index in [1.807, 2.05) is 37.3 Å². The van der Waals surface area contributed by atoms with Crippen LogP contribution in [0, 0.1) is 0 Å². The largest absolute Gasteiger partial charge is 0.493 e. The first-order valence-corrected chi connectivity index (χ1v) is 8.23. The molecule has 0 bridgehead atoms. The predicted molar refractivity (Wildman–Crippen MR) is 98.2 cm³/mol. The van der Waals surface area contributed by atoms with Crippen LogP contribution < -0.4 is 14.8 Å². The number of nitrogens with one attached hydrogen (secondary N) is 1. The number of carbonyl (C=O) groups excluding carboxylic acids is 3. The van der Waals surface area contributed by atoms with E-state index in [1.54, 1.807) is 0 Å². The topological polar surface area (TPSA) is 90.9 Å². The molecule has 0 heterocycles. The Labute approximate surface area is 157 Å². The van der Waals surface area contributed by atoms with Gasteiger partial charge in [-0.3, -0.25) is 9.59 Å². The summed E-state index contributed by atoms with van der Waals surface area (Å²) >= 11 is 0. The Bertz CT molecular complexity index is 819. The zero-order valence-electron chi connectivity index (χ0n) is 15.4. The SMILES string of the molecule is COc1ccc(C=O)c(C(=O)OCC(=O)N[C@H](C)c2ccccc2)c1OC. The van der Waals surface area contributed by atoms with Crippen LogP contribution in [0.5, 0.6) is 11.5 Å². The zero-order chi connectivity index (χ0) is 19.8. The molecule has 0 saturated heterocycles. The highest BCUT2D eigenvalue weighted by Gasteiger charge is 2.23. The van der Waals surface area contributed by atoms with Crippen LogP contribution in [-0.2, 0) is 9.53 Å². The first-order chi connectivity index (χ1) is 13.0. The molecule has 1 N–H and O–H groups in total. The number of rotatable bonds is 8. The minimum atomic E-state index is -0.852. The van der Waals surface area contributed by atoms with Crippen LogP contribution >= 0.6 is 0 Å². The summed E-state index contributed by atoms with van der Waals surface area (Å²) in [5.74, 6) is -0.966. The first kappa shape index (κ1) is 20.0. The van der Waals surface area contributed by atoms with Crippen molar-refractivity contribution in [1.29, 1.82) is 0 Å². The second-order valence-corrected chi connectivity index (χ2v) is 5.66. The summed E-state index contributed by atoms with van der Waals surface area (Å²) in [5.41, 5.74) is 0.918. The average Bonchev–Trinajstić information content (AvgIpc) is 2.71. The maximum absolute atomic E-state index is 12.4. The van der Waals surface area contributed by atoms with E-state index >= 15 is 0 Å². The number of hydrogen-bond acceptors (Lipinski definition) is 6. The van der Waals surface area contributed by atoms with Gasteiger partial charge in [-0.1, -0.05) is 30.3 Å². The van der Waals surface area contributed by atoms with Gasteiger partial charge in [-0.15, -0.1) is 0 Å². The van der Waals surface area contributed by atoms with Gasteiger partial charge in [0.1, 0.15) is 5.56 Å². The molecule has 0 unspecified atom stereocenters. The van der Waals surface area contributed by atoms with Crippen LogP contribution in [0.25, 0.3) is 0 Å². The lowest BCUT2D eigenvalue weighted by Crippen LogP contribution is -2.31. The molecule has 142 valence electrons. The van der Waals surface area contributed by atoms with Crippen LogP contribution in [0.3, 0.4) is 0 Å². The molecular formula is C20H21NO6. The smallest absolute Gasteiger partial charge is 0.343 e. The summed E-state index contributed by atoms with van der Waals surface area (Å²) in [6, 6.07) is 12.1. The summed E-state index contributed by atoms with van der Waals surface area (Å²) in [6.45, 7) is 1.33. The molecular weight excluding hydrogens is 350 g/mol. The summed E-state index contributed by atoms with van der Waals surface area (Å²) < 4.78 is 15.4. The van der Waals surface area contributed by atoms with Crippen molar-refractivity contribution in [3.8, 4) is 11.5 Å². The molecule has 0 spiro atoms. The molecule has 0 aliphatic carbocycles. The van der Waals surface area contributed by atoms with Crippen LogP contribution in [0.1, 0.15) is 39.2 Å². The maximum Gasteiger partial charge on any atom is 0.343 e. The molecule has 0 aromatic heterocycles. The van der Waals surface area contributed by atoms with E-state index in [9.17, 15) is 14.4 Å². The minimum Gasteiger partial charge on any atom is -0.493 e. The highest BCUT2D eigenvalue weighted by atomic mass is 16.5. The number of ether oxygens (including phenoxy) is 3. The summed E-state index contributed by atoms with van der Waals surface area (Å²) in [7, 11) is 2.75. The summed E-state index contributed by atoms with van der Waals surface area (Å²) in [5, 5.41) is 2.74. The number of methoxy groups -OCH3 is 2. The van der Waals surface area contributed by atoms with Gasteiger partial charge in [0.05, 0.1) is 20.3 Å². The minimum absolute atomic E-state index is 0.0742. The Morgan fingerprint density at radius 1 is 1.07 bits per heavy atom. The molecule has 2 rings (SSSR count). The number of amides is 1. The number of aldehydes is 1. The lowest BCUT2D eigenvalue weighted by molar-refractivity contribution is -0.124. The number of carbonyl (C=O) groups is 3. The molecule has 2 aromatic carbocycles. The quantitative estimate of drug-likeness (QED) is 0.566. The molecule has 1 amide bonds. The third-order valence-electron chi connectivity index (χ3n) is 3.92. The van der Waals surface area contributed by atoms with Gasteiger partial charge in [0.25, 0.3) is 5.91 Å². The molecule has 7 heteroatoms. The molecule has 0 aliphatic rings. The molecule has 0 aliphatic heterocycles. The Morgan fingerprint density at radius 2 is 1.78 bits per heavy atom. The second-order valence-electron chi connectivity index (χ2n) is 5.66. The number of esters is 1. The monoisotopic (exact) mass is 371 g/mol. The van der Waals surface area contributed by atoms with Crippen LogP contribution in [0.15, 0.2) is 42.5 Å². The average molecular weight is 371 g/mol. The Morgan fingerprint density at radius 3 is 2.37 bits per heavy atom. The molecule has 27 heavy (non-hydrogen) atoms. The van der Waals surface area contributed by atoms with Crippen molar-refractivity contribution in [2.75, 3.05) is 20.8 Å². The third kappa shape index (κ3) is 4.84. The number of hydrogen-bond donors (Lipinski definition) is 1. The van der Waals surface area contributed by atoms with Gasteiger partial charge in [-0.25, -0.2) is 4.79 Å². The van der Waals surface area contributed by atoms with Crippen molar-refractivity contribution in [1.82, 2.24) is 5.32 Å². The van der Waals surface area contributed by atoms with E-state index in [0.29, 0.717) is 6.29 Å². The van der Waals surface area contributed by atoms with Gasteiger partial charge in [0, 0.05) is 5.56 Å². The van der Waals surface area contributed by atoms with E-state index in [-0.39, 0.29) is 28.7 Å². The highest BCUT2D eigenvalue weighted by Crippen LogP contribution is 2.33.